The first kappa shape index (κ1) is 24.1. The molecule has 2 atom stereocenters. The molecule has 0 bridgehead atoms. The molecule has 2 N–H and O–H groups in total. The van der Waals surface area contributed by atoms with Crippen molar-refractivity contribution in [3.63, 3.8) is 0 Å². The van der Waals surface area contributed by atoms with E-state index >= 15 is 0 Å². The number of carbonyl (C=O) groups is 2. The van der Waals surface area contributed by atoms with Gasteiger partial charge in [-0.1, -0.05) is 18.2 Å². The van der Waals surface area contributed by atoms with Crippen molar-refractivity contribution >= 4 is 17.5 Å². The number of aromatic nitrogens is 1. The molecule has 2 amide bonds. The van der Waals surface area contributed by atoms with Gasteiger partial charge in [0, 0.05) is 44.3 Å². The molecule has 1 aliphatic carbocycles. The van der Waals surface area contributed by atoms with Crippen molar-refractivity contribution in [2.45, 2.75) is 38.8 Å². The molecule has 1 fully saturated rings. The Hall–Kier alpha value is -3.58. The second-order valence-electron chi connectivity index (χ2n) is 9.85. The number of aryl methyl sites for hydroxylation is 2. The molecule has 2 heterocycles. The number of nitrogens with zero attached hydrogens (tertiary/aromatic N) is 2. The predicted molar refractivity (Wildman–Crippen MR) is 136 cm³/mol. The Balaban J connectivity index is 1.27. The number of nitrogens with one attached hydrogen (secondary N) is 2. The molecule has 36 heavy (non-hydrogen) atoms. The minimum absolute atomic E-state index is 0.0521. The van der Waals surface area contributed by atoms with Gasteiger partial charge in [0.15, 0.2) is 0 Å². The number of anilines is 1. The summed E-state index contributed by atoms with van der Waals surface area (Å²) < 4.78 is 13.2. The van der Waals surface area contributed by atoms with E-state index < -0.39 is 0 Å². The Morgan fingerprint density at radius 3 is 2.39 bits per heavy atom. The van der Waals surface area contributed by atoms with Crippen molar-refractivity contribution in [2.24, 2.45) is 11.8 Å². The van der Waals surface area contributed by atoms with Crippen molar-refractivity contribution in [3.05, 3.63) is 95.1 Å². The largest absolute Gasteiger partial charge is 0.352 e. The summed E-state index contributed by atoms with van der Waals surface area (Å²) >= 11 is 0. The summed E-state index contributed by atoms with van der Waals surface area (Å²) in [5.74, 6) is -1.08. The Morgan fingerprint density at radius 1 is 0.889 bits per heavy atom. The number of fused-ring (bicyclic) bond motifs is 1. The number of pyridine rings is 1. The fourth-order valence-electron chi connectivity index (χ4n) is 5.28. The van der Waals surface area contributed by atoms with Gasteiger partial charge in [-0.05, 0) is 84.3 Å². The van der Waals surface area contributed by atoms with Gasteiger partial charge in [-0.25, -0.2) is 4.39 Å². The average molecular weight is 487 g/mol. The molecular weight excluding hydrogens is 455 g/mol. The normalized spacial score (nSPS) is 19.5. The number of carbonyl (C=O) groups excluding carboxylic acids is 2. The number of piperidine rings is 1. The van der Waals surface area contributed by atoms with E-state index in [9.17, 15) is 14.0 Å². The molecule has 2 aromatic carbocycles. The van der Waals surface area contributed by atoms with Crippen LogP contribution in [0.4, 0.5) is 10.1 Å². The van der Waals surface area contributed by atoms with Crippen LogP contribution in [-0.2, 0) is 35.5 Å². The van der Waals surface area contributed by atoms with Gasteiger partial charge in [-0.2, -0.15) is 0 Å². The lowest BCUT2D eigenvalue weighted by Gasteiger charge is -2.36. The number of amides is 2. The van der Waals surface area contributed by atoms with Crippen molar-refractivity contribution in [1.29, 1.82) is 0 Å². The van der Waals surface area contributed by atoms with Crippen LogP contribution in [0, 0.1) is 17.7 Å². The predicted octanol–water partition coefficient (Wildman–Crippen LogP) is 4.10. The molecule has 2 aliphatic rings. The molecule has 1 saturated heterocycles. The zero-order valence-electron chi connectivity index (χ0n) is 20.3. The van der Waals surface area contributed by atoms with Crippen LogP contribution in [0.5, 0.6) is 0 Å². The van der Waals surface area contributed by atoms with E-state index in [4.69, 9.17) is 0 Å². The number of rotatable bonds is 7. The van der Waals surface area contributed by atoms with Crippen LogP contribution in [-0.4, -0.2) is 34.8 Å². The highest BCUT2D eigenvalue weighted by molar-refractivity contribution is 5.93. The molecule has 7 heteroatoms. The number of halogens is 1. The van der Waals surface area contributed by atoms with E-state index in [2.05, 4.69) is 32.7 Å². The lowest BCUT2D eigenvalue weighted by Crippen LogP contribution is -2.48. The summed E-state index contributed by atoms with van der Waals surface area (Å²) in [6.07, 6.45) is 7.31. The quantitative estimate of drug-likeness (QED) is 0.527. The average Bonchev–Trinajstić information content (AvgIpc) is 3.36. The lowest BCUT2D eigenvalue weighted by atomic mass is 9.87. The zero-order valence-corrected chi connectivity index (χ0v) is 20.3. The van der Waals surface area contributed by atoms with Gasteiger partial charge in [0.05, 0.1) is 11.8 Å². The molecule has 3 aromatic rings. The first-order valence-corrected chi connectivity index (χ1v) is 12.6. The van der Waals surface area contributed by atoms with Crippen molar-refractivity contribution in [1.82, 2.24) is 15.2 Å². The van der Waals surface area contributed by atoms with E-state index in [-0.39, 0.29) is 29.5 Å². The highest BCUT2D eigenvalue weighted by atomic mass is 19.1. The molecule has 0 unspecified atom stereocenters. The van der Waals surface area contributed by atoms with Crippen molar-refractivity contribution in [3.8, 4) is 0 Å². The maximum atomic E-state index is 13.3. The molecule has 1 aromatic heterocycles. The smallest absolute Gasteiger partial charge is 0.228 e. The summed E-state index contributed by atoms with van der Waals surface area (Å²) in [6, 6.07) is 16.2. The topological polar surface area (TPSA) is 74.3 Å². The summed E-state index contributed by atoms with van der Waals surface area (Å²) in [7, 11) is 0. The van der Waals surface area contributed by atoms with Gasteiger partial charge in [-0.3, -0.25) is 19.5 Å². The number of likely N-dealkylation sites (tertiary alicyclic amines) is 1. The second kappa shape index (κ2) is 11.0. The number of hydrogen-bond acceptors (Lipinski definition) is 4. The SMILES string of the molecule is O=C(NCc1ccc(F)cc1)[C@H]1C[C@@H](C(=O)Nc2ccc3c(c2)CCC3)CN(Cc2ccncc2)C1. The Bertz CT molecular complexity index is 1220. The summed E-state index contributed by atoms with van der Waals surface area (Å²) in [6.45, 7) is 2.12. The van der Waals surface area contributed by atoms with Crippen LogP contribution in [0.15, 0.2) is 67.0 Å². The molecular formula is C29H31FN4O2. The van der Waals surface area contributed by atoms with Crippen LogP contribution in [0.1, 0.15) is 35.1 Å². The second-order valence-corrected chi connectivity index (χ2v) is 9.85. The van der Waals surface area contributed by atoms with Crippen LogP contribution >= 0.6 is 0 Å². The first-order chi connectivity index (χ1) is 17.5. The van der Waals surface area contributed by atoms with Gasteiger partial charge < -0.3 is 10.6 Å². The van der Waals surface area contributed by atoms with Gasteiger partial charge in [0.1, 0.15) is 5.82 Å². The number of hydrogen-bond donors (Lipinski definition) is 2. The standard InChI is InChI=1S/C29H31FN4O2/c30-26-7-4-20(5-8-26)16-32-28(35)24-14-25(19-34(18-24)17-21-10-12-31-13-11-21)29(36)33-27-9-6-22-2-1-3-23(22)15-27/h4-13,15,24-25H,1-3,14,16-19H2,(H,32,35)(H,33,36)/t24-,25+/m0/s1. The molecule has 0 saturated carbocycles. The summed E-state index contributed by atoms with van der Waals surface area (Å²) in [4.78, 5) is 32.7. The first-order valence-electron chi connectivity index (χ1n) is 12.6. The molecule has 0 radical (unpaired) electrons. The molecule has 1 aliphatic heterocycles. The van der Waals surface area contributed by atoms with Gasteiger partial charge >= 0.3 is 0 Å². The van der Waals surface area contributed by atoms with E-state index in [1.54, 1.807) is 24.5 Å². The minimum atomic E-state index is -0.322. The van der Waals surface area contributed by atoms with Crippen LogP contribution < -0.4 is 10.6 Å². The van der Waals surface area contributed by atoms with E-state index in [0.717, 1.165) is 36.1 Å². The van der Waals surface area contributed by atoms with Crippen molar-refractivity contribution < 1.29 is 14.0 Å². The van der Waals surface area contributed by atoms with E-state index in [1.807, 2.05) is 18.2 Å². The number of benzene rings is 2. The Labute approximate surface area is 210 Å². The third-order valence-electron chi connectivity index (χ3n) is 7.17. The molecule has 186 valence electrons. The highest BCUT2D eigenvalue weighted by Crippen LogP contribution is 2.28. The van der Waals surface area contributed by atoms with Gasteiger partial charge in [-0.15, -0.1) is 0 Å². The molecule has 5 rings (SSSR count). The monoisotopic (exact) mass is 486 g/mol. The Morgan fingerprint density at radius 2 is 1.61 bits per heavy atom. The minimum Gasteiger partial charge on any atom is -0.352 e. The molecule has 6 nitrogen and oxygen atoms in total. The zero-order chi connectivity index (χ0) is 24.9. The van der Waals surface area contributed by atoms with Gasteiger partial charge in [0.25, 0.3) is 0 Å². The van der Waals surface area contributed by atoms with Crippen LogP contribution in [0.2, 0.25) is 0 Å². The fourth-order valence-corrected chi connectivity index (χ4v) is 5.28. The highest BCUT2D eigenvalue weighted by Gasteiger charge is 2.35. The summed E-state index contributed by atoms with van der Waals surface area (Å²) in [5, 5.41) is 6.09. The third-order valence-corrected chi connectivity index (χ3v) is 7.17. The van der Waals surface area contributed by atoms with Crippen LogP contribution in [0.25, 0.3) is 0 Å². The maximum absolute atomic E-state index is 13.3. The Kier molecular flexibility index (Phi) is 7.37. The van der Waals surface area contributed by atoms with E-state index in [1.165, 1.54) is 23.3 Å². The summed E-state index contributed by atoms with van der Waals surface area (Å²) in [5.41, 5.74) is 5.43. The fraction of sp³-hybridized carbons (Fsp3) is 0.345. The lowest BCUT2D eigenvalue weighted by molar-refractivity contribution is -0.130. The van der Waals surface area contributed by atoms with E-state index in [0.29, 0.717) is 32.6 Å². The van der Waals surface area contributed by atoms with Crippen molar-refractivity contribution in [2.75, 3.05) is 18.4 Å². The maximum Gasteiger partial charge on any atom is 0.228 e. The third kappa shape index (κ3) is 5.97. The van der Waals surface area contributed by atoms with Crippen LogP contribution in [0.3, 0.4) is 0 Å². The van der Waals surface area contributed by atoms with Gasteiger partial charge in [0.2, 0.25) is 11.8 Å². The molecule has 0 spiro atoms.